The molecule has 2 aliphatic carbocycles. The molecular weight excluding hydrogens is 232 g/mol. The van der Waals surface area contributed by atoms with Gasteiger partial charge in [-0.05, 0) is 37.0 Å². The standard InChI is InChI=1S/C17H32N2/c1-13(2)16-10-18-17(7-5-4-6-8-17)12-19(16)11-15-9-14(15)3/h13-16,18H,4-12H2,1-3H3. The van der Waals surface area contributed by atoms with Crippen LogP contribution in [0.25, 0.3) is 0 Å². The van der Waals surface area contributed by atoms with E-state index in [1.54, 1.807) is 0 Å². The van der Waals surface area contributed by atoms with E-state index in [-0.39, 0.29) is 0 Å². The zero-order chi connectivity index (χ0) is 13.5. The lowest BCUT2D eigenvalue weighted by Gasteiger charge is -2.51. The van der Waals surface area contributed by atoms with Gasteiger partial charge in [0.2, 0.25) is 0 Å². The molecule has 1 heterocycles. The van der Waals surface area contributed by atoms with E-state index in [2.05, 4.69) is 31.0 Å². The summed E-state index contributed by atoms with van der Waals surface area (Å²) < 4.78 is 0. The highest BCUT2D eigenvalue weighted by atomic mass is 15.3. The molecule has 2 heteroatoms. The molecule has 3 aliphatic rings. The van der Waals surface area contributed by atoms with E-state index in [4.69, 9.17) is 0 Å². The van der Waals surface area contributed by atoms with Crippen LogP contribution in [0.3, 0.4) is 0 Å². The molecular formula is C17H32N2. The lowest BCUT2D eigenvalue weighted by Crippen LogP contribution is -2.66. The number of hydrogen-bond acceptors (Lipinski definition) is 2. The monoisotopic (exact) mass is 264 g/mol. The zero-order valence-electron chi connectivity index (χ0n) is 13.1. The molecule has 1 N–H and O–H groups in total. The van der Waals surface area contributed by atoms with Gasteiger partial charge in [0, 0.05) is 31.2 Å². The molecule has 19 heavy (non-hydrogen) atoms. The first kappa shape index (κ1) is 13.9. The van der Waals surface area contributed by atoms with Crippen molar-refractivity contribution in [2.45, 2.75) is 70.9 Å². The van der Waals surface area contributed by atoms with E-state index >= 15 is 0 Å². The summed E-state index contributed by atoms with van der Waals surface area (Å²) >= 11 is 0. The molecule has 0 bridgehead atoms. The third kappa shape index (κ3) is 3.00. The fourth-order valence-electron chi connectivity index (χ4n) is 4.39. The predicted molar refractivity (Wildman–Crippen MR) is 81.3 cm³/mol. The predicted octanol–water partition coefficient (Wildman–Crippen LogP) is 3.28. The van der Waals surface area contributed by atoms with Crippen molar-refractivity contribution in [2.75, 3.05) is 19.6 Å². The molecule has 3 atom stereocenters. The normalized spacial score (nSPS) is 38.8. The average Bonchev–Trinajstić information content (AvgIpc) is 3.05. The summed E-state index contributed by atoms with van der Waals surface area (Å²) in [5.74, 6) is 2.77. The van der Waals surface area contributed by atoms with Crippen molar-refractivity contribution in [1.29, 1.82) is 0 Å². The Morgan fingerprint density at radius 3 is 2.47 bits per heavy atom. The van der Waals surface area contributed by atoms with E-state index < -0.39 is 0 Å². The second-order valence-electron chi connectivity index (χ2n) is 7.94. The van der Waals surface area contributed by atoms with Gasteiger partial charge in [0.05, 0.1) is 0 Å². The average molecular weight is 264 g/mol. The van der Waals surface area contributed by atoms with Crippen LogP contribution in [0.5, 0.6) is 0 Å². The third-order valence-corrected chi connectivity index (χ3v) is 5.99. The summed E-state index contributed by atoms with van der Waals surface area (Å²) in [4.78, 5) is 2.86. The van der Waals surface area contributed by atoms with Crippen molar-refractivity contribution in [3.8, 4) is 0 Å². The number of rotatable bonds is 3. The molecule has 1 saturated heterocycles. The Kier molecular flexibility index (Phi) is 3.92. The quantitative estimate of drug-likeness (QED) is 0.841. The maximum Gasteiger partial charge on any atom is 0.0309 e. The highest BCUT2D eigenvalue weighted by Gasteiger charge is 2.43. The molecule has 110 valence electrons. The summed E-state index contributed by atoms with van der Waals surface area (Å²) in [6.45, 7) is 11.1. The topological polar surface area (TPSA) is 15.3 Å². The molecule has 3 fully saturated rings. The lowest BCUT2D eigenvalue weighted by molar-refractivity contribution is 0.0326. The minimum Gasteiger partial charge on any atom is -0.308 e. The van der Waals surface area contributed by atoms with Gasteiger partial charge in [-0.25, -0.2) is 0 Å². The molecule has 1 spiro atoms. The summed E-state index contributed by atoms with van der Waals surface area (Å²) in [6, 6.07) is 0.764. The van der Waals surface area contributed by atoms with Crippen LogP contribution in [-0.2, 0) is 0 Å². The number of hydrogen-bond donors (Lipinski definition) is 1. The molecule has 1 aliphatic heterocycles. The Morgan fingerprint density at radius 1 is 1.21 bits per heavy atom. The van der Waals surface area contributed by atoms with Crippen LogP contribution in [-0.4, -0.2) is 36.1 Å². The highest BCUT2D eigenvalue weighted by Crippen LogP contribution is 2.40. The summed E-state index contributed by atoms with van der Waals surface area (Å²) in [7, 11) is 0. The summed E-state index contributed by atoms with van der Waals surface area (Å²) in [6.07, 6.45) is 8.63. The highest BCUT2D eigenvalue weighted by molar-refractivity contribution is 5.01. The van der Waals surface area contributed by atoms with Gasteiger partial charge in [0.25, 0.3) is 0 Å². The van der Waals surface area contributed by atoms with Crippen molar-refractivity contribution >= 4 is 0 Å². The Balaban J connectivity index is 1.67. The zero-order valence-corrected chi connectivity index (χ0v) is 13.1. The molecule has 3 unspecified atom stereocenters. The van der Waals surface area contributed by atoms with E-state index in [1.807, 2.05) is 0 Å². The maximum atomic E-state index is 3.96. The van der Waals surface area contributed by atoms with Crippen LogP contribution in [0.1, 0.15) is 59.3 Å². The number of nitrogens with zero attached hydrogens (tertiary/aromatic N) is 1. The smallest absolute Gasteiger partial charge is 0.0309 e. The first-order chi connectivity index (χ1) is 9.10. The van der Waals surface area contributed by atoms with Crippen LogP contribution in [0, 0.1) is 17.8 Å². The van der Waals surface area contributed by atoms with Crippen molar-refractivity contribution in [3.63, 3.8) is 0 Å². The van der Waals surface area contributed by atoms with Gasteiger partial charge >= 0.3 is 0 Å². The van der Waals surface area contributed by atoms with Crippen LogP contribution >= 0.6 is 0 Å². The van der Waals surface area contributed by atoms with Gasteiger partial charge in [-0.2, -0.15) is 0 Å². The van der Waals surface area contributed by atoms with E-state index in [0.717, 1.165) is 23.8 Å². The van der Waals surface area contributed by atoms with Gasteiger partial charge in [0.1, 0.15) is 0 Å². The van der Waals surface area contributed by atoms with Crippen molar-refractivity contribution in [1.82, 2.24) is 10.2 Å². The Bertz CT molecular complexity index is 306. The largest absolute Gasteiger partial charge is 0.308 e. The fourth-order valence-corrected chi connectivity index (χ4v) is 4.39. The van der Waals surface area contributed by atoms with Gasteiger partial charge in [-0.15, -0.1) is 0 Å². The SMILES string of the molecule is CC(C)C1CNC2(CCCCC2)CN1CC1CC1C. The van der Waals surface area contributed by atoms with Crippen molar-refractivity contribution in [3.05, 3.63) is 0 Å². The van der Waals surface area contributed by atoms with Gasteiger partial charge in [-0.1, -0.05) is 40.0 Å². The second kappa shape index (κ2) is 5.37. The minimum absolute atomic E-state index is 0.474. The van der Waals surface area contributed by atoms with Gasteiger partial charge < -0.3 is 5.32 Å². The molecule has 0 amide bonds. The van der Waals surface area contributed by atoms with Crippen molar-refractivity contribution < 1.29 is 0 Å². The maximum absolute atomic E-state index is 3.96. The minimum atomic E-state index is 0.474. The van der Waals surface area contributed by atoms with Crippen LogP contribution < -0.4 is 5.32 Å². The third-order valence-electron chi connectivity index (χ3n) is 5.99. The van der Waals surface area contributed by atoms with E-state index in [1.165, 1.54) is 58.2 Å². The lowest BCUT2D eigenvalue weighted by atomic mass is 9.78. The Morgan fingerprint density at radius 2 is 1.89 bits per heavy atom. The Labute approximate surface area is 119 Å². The van der Waals surface area contributed by atoms with Crippen LogP contribution in [0.15, 0.2) is 0 Å². The van der Waals surface area contributed by atoms with Gasteiger partial charge in [-0.3, -0.25) is 4.90 Å². The fraction of sp³-hybridized carbons (Fsp3) is 1.00. The second-order valence-corrected chi connectivity index (χ2v) is 7.94. The van der Waals surface area contributed by atoms with Crippen molar-refractivity contribution in [2.24, 2.45) is 17.8 Å². The first-order valence-corrected chi connectivity index (χ1v) is 8.59. The molecule has 0 aromatic carbocycles. The first-order valence-electron chi connectivity index (χ1n) is 8.59. The number of piperazine rings is 1. The van der Waals surface area contributed by atoms with E-state index in [9.17, 15) is 0 Å². The molecule has 3 rings (SSSR count). The molecule has 2 nitrogen and oxygen atoms in total. The summed E-state index contributed by atoms with van der Waals surface area (Å²) in [5, 5.41) is 3.96. The summed E-state index contributed by atoms with van der Waals surface area (Å²) in [5.41, 5.74) is 0.474. The van der Waals surface area contributed by atoms with Crippen LogP contribution in [0.2, 0.25) is 0 Å². The number of nitrogens with one attached hydrogen (secondary N) is 1. The molecule has 0 aromatic heterocycles. The molecule has 0 aromatic rings. The molecule has 0 radical (unpaired) electrons. The molecule has 2 saturated carbocycles. The van der Waals surface area contributed by atoms with E-state index in [0.29, 0.717) is 5.54 Å². The Hall–Kier alpha value is -0.0800. The van der Waals surface area contributed by atoms with Crippen LogP contribution in [0.4, 0.5) is 0 Å². The van der Waals surface area contributed by atoms with Gasteiger partial charge in [0.15, 0.2) is 0 Å².